The summed E-state index contributed by atoms with van der Waals surface area (Å²) in [6, 6.07) is 3.57. The largest absolute Gasteiger partial charge is 0.370 e. The summed E-state index contributed by atoms with van der Waals surface area (Å²) in [5.74, 6) is 0.657. The predicted molar refractivity (Wildman–Crippen MR) is 86.0 cm³/mol. The van der Waals surface area contributed by atoms with E-state index in [4.69, 9.17) is 0 Å². The van der Waals surface area contributed by atoms with E-state index in [0.29, 0.717) is 12.1 Å². The molecule has 6 heteroatoms. The smallest absolute Gasteiger partial charge is 0.251 e. The molecular formula is C15H20N4OS. The fraction of sp³-hybridized carbons (Fsp3) is 0.400. The minimum atomic E-state index is -0.0772. The zero-order valence-electron chi connectivity index (χ0n) is 12.6. The Hall–Kier alpha value is -1.95. The van der Waals surface area contributed by atoms with Crippen molar-refractivity contribution in [3.63, 3.8) is 0 Å². The van der Waals surface area contributed by atoms with E-state index in [1.165, 1.54) is 0 Å². The molecule has 21 heavy (non-hydrogen) atoms. The van der Waals surface area contributed by atoms with Gasteiger partial charge >= 0.3 is 0 Å². The van der Waals surface area contributed by atoms with Crippen molar-refractivity contribution in [1.29, 1.82) is 0 Å². The molecule has 0 aliphatic carbocycles. The summed E-state index contributed by atoms with van der Waals surface area (Å²) in [6.45, 7) is 7.23. The number of carbonyl (C=O) groups excluding carboxylic acids is 1. The molecule has 2 rings (SSSR count). The number of amides is 1. The second-order valence-electron chi connectivity index (χ2n) is 4.78. The molecule has 0 bridgehead atoms. The molecule has 2 aromatic heterocycles. The molecule has 2 aromatic rings. The van der Waals surface area contributed by atoms with Crippen molar-refractivity contribution in [1.82, 2.24) is 15.3 Å². The molecule has 0 fully saturated rings. The first-order valence-corrected chi connectivity index (χ1v) is 7.88. The number of thiazole rings is 1. The standard InChI is InChI=1S/C15H20N4OS/c1-4-16-14-8-12(7-10(2)18-14)15(20)17-6-5-13-9-21-11(3)19-13/h7-9H,4-6H2,1-3H3,(H,16,18)(H,17,20). The van der Waals surface area contributed by atoms with Crippen LogP contribution in [0.2, 0.25) is 0 Å². The molecule has 0 spiro atoms. The minimum Gasteiger partial charge on any atom is -0.370 e. The van der Waals surface area contributed by atoms with Crippen molar-refractivity contribution < 1.29 is 4.79 Å². The Labute approximate surface area is 128 Å². The predicted octanol–water partition coefficient (Wildman–Crippen LogP) is 2.56. The number of anilines is 1. The lowest BCUT2D eigenvalue weighted by molar-refractivity contribution is 0.0954. The zero-order valence-corrected chi connectivity index (χ0v) is 13.4. The third-order valence-corrected chi connectivity index (χ3v) is 3.73. The Morgan fingerprint density at radius 3 is 2.76 bits per heavy atom. The van der Waals surface area contributed by atoms with E-state index in [1.807, 2.05) is 26.2 Å². The summed E-state index contributed by atoms with van der Waals surface area (Å²) in [7, 11) is 0. The van der Waals surface area contributed by atoms with Crippen LogP contribution in [0.15, 0.2) is 17.5 Å². The van der Waals surface area contributed by atoms with Crippen LogP contribution in [0.5, 0.6) is 0 Å². The van der Waals surface area contributed by atoms with Crippen LogP contribution in [-0.4, -0.2) is 29.0 Å². The van der Waals surface area contributed by atoms with Gasteiger partial charge in [0.05, 0.1) is 10.7 Å². The van der Waals surface area contributed by atoms with Gasteiger partial charge in [-0.25, -0.2) is 9.97 Å². The second kappa shape index (κ2) is 7.17. The number of hydrogen-bond donors (Lipinski definition) is 2. The van der Waals surface area contributed by atoms with E-state index in [2.05, 4.69) is 20.6 Å². The monoisotopic (exact) mass is 304 g/mol. The Kier molecular flexibility index (Phi) is 5.27. The molecule has 2 heterocycles. The van der Waals surface area contributed by atoms with E-state index in [9.17, 15) is 4.79 Å². The van der Waals surface area contributed by atoms with E-state index >= 15 is 0 Å². The maximum absolute atomic E-state index is 12.2. The summed E-state index contributed by atoms with van der Waals surface area (Å²) < 4.78 is 0. The van der Waals surface area contributed by atoms with Crippen molar-refractivity contribution in [2.24, 2.45) is 0 Å². The number of pyridine rings is 1. The zero-order chi connectivity index (χ0) is 15.2. The highest BCUT2D eigenvalue weighted by Gasteiger charge is 2.08. The molecule has 0 aliphatic rings. The van der Waals surface area contributed by atoms with E-state index in [0.717, 1.165) is 35.2 Å². The molecule has 0 aromatic carbocycles. The summed E-state index contributed by atoms with van der Waals surface area (Å²) in [5, 5.41) is 9.13. The van der Waals surface area contributed by atoms with Gasteiger partial charge in [-0.1, -0.05) is 0 Å². The van der Waals surface area contributed by atoms with Crippen molar-refractivity contribution in [2.45, 2.75) is 27.2 Å². The number of carbonyl (C=O) groups is 1. The molecule has 0 radical (unpaired) electrons. The van der Waals surface area contributed by atoms with Crippen LogP contribution in [-0.2, 0) is 6.42 Å². The van der Waals surface area contributed by atoms with Crippen molar-refractivity contribution in [3.05, 3.63) is 39.5 Å². The van der Waals surface area contributed by atoms with Gasteiger partial charge in [0.15, 0.2) is 0 Å². The first kappa shape index (κ1) is 15.4. The third-order valence-electron chi connectivity index (χ3n) is 2.91. The fourth-order valence-corrected chi connectivity index (χ4v) is 2.65. The van der Waals surface area contributed by atoms with Crippen LogP contribution in [0, 0.1) is 13.8 Å². The topological polar surface area (TPSA) is 66.9 Å². The van der Waals surface area contributed by atoms with Crippen LogP contribution in [0.3, 0.4) is 0 Å². The summed E-state index contributed by atoms with van der Waals surface area (Å²) in [4.78, 5) is 20.9. The third kappa shape index (κ3) is 4.53. The van der Waals surface area contributed by atoms with Gasteiger partial charge in [-0.2, -0.15) is 0 Å². The highest BCUT2D eigenvalue weighted by molar-refractivity contribution is 7.09. The van der Waals surface area contributed by atoms with Crippen molar-refractivity contribution in [3.8, 4) is 0 Å². The number of aryl methyl sites for hydroxylation is 2. The Morgan fingerprint density at radius 1 is 1.29 bits per heavy atom. The van der Waals surface area contributed by atoms with Gasteiger partial charge in [-0.15, -0.1) is 11.3 Å². The fourth-order valence-electron chi connectivity index (χ4n) is 2.00. The van der Waals surface area contributed by atoms with E-state index < -0.39 is 0 Å². The number of nitrogens with zero attached hydrogens (tertiary/aromatic N) is 2. The number of aromatic nitrogens is 2. The van der Waals surface area contributed by atoms with Crippen molar-refractivity contribution >= 4 is 23.1 Å². The number of nitrogens with one attached hydrogen (secondary N) is 2. The lowest BCUT2D eigenvalue weighted by atomic mass is 10.2. The van der Waals surface area contributed by atoms with Crippen LogP contribution in [0.25, 0.3) is 0 Å². The molecule has 0 unspecified atom stereocenters. The van der Waals surface area contributed by atoms with Crippen LogP contribution in [0.4, 0.5) is 5.82 Å². The Bertz CT molecular complexity index is 624. The Balaban J connectivity index is 1.93. The highest BCUT2D eigenvalue weighted by atomic mass is 32.1. The number of rotatable bonds is 6. The van der Waals surface area contributed by atoms with E-state index in [-0.39, 0.29) is 5.91 Å². The van der Waals surface area contributed by atoms with Gasteiger partial charge in [0.2, 0.25) is 0 Å². The first-order valence-electron chi connectivity index (χ1n) is 7.00. The average Bonchev–Trinajstić information content (AvgIpc) is 2.84. The lowest BCUT2D eigenvalue weighted by Crippen LogP contribution is -2.26. The van der Waals surface area contributed by atoms with Gasteiger partial charge in [-0.3, -0.25) is 4.79 Å². The van der Waals surface area contributed by atoms with Gasteiger partial charge < -0.3 is 10.6 Å². The van der Waals surface area contributed by atoms with Gasteiger partial charge in [0, 0.05) is 36.1 Å². The summed E-state index contributed by atoms with van der Waals surface area (Å²) in [6.07, 6.45) is 0.750. The highest BCUT2D eigenvalue weighted by Crippen LogP contribution is 2.11. The van der Waals surface area contributed by atoms with Crippen molar-refractivity contribution in [2.75, 3.05) is 18.4 Å². The molecule has 0 saturated carbocycles. The normalized spacial score (nSPS) is 10.4. The summed E-state index contributed by atoms with van der Waals surface area (Å²) >= 11 is 1.63. The van der Waals surface area contributed by atoms with Gasteiger partial charge in [0.1, 0.15) is 5.82 Å². The maximum atomic E-state index is 12.2. The average molecular weight is 304 g/mol. The first-order chi connectivity index (χ1) is 10.1. The van der Waals surface area contributed by atoms with Crippen LogP contribution >= 0.6 is 11.3 Å². The minimum absolute atomic E-state index is 0.0772. The quantitative estimate of drug-likeness (QED) is 0.860. The SMILES string of the molecule is CCNc1cc(C(=O)NCCc2csc(C)n2)cc(C)n1. The molecular weight excluding hydrogens is 284 g/mol. The maximum Gasteiger partial charge on any atom is 0.251 e. The van der Waals surface area contributed by atoms with Gasteiger partial charge in [0.25, 0.3) is 5.91 Å². The molecule has 0 aliphatic heterocycles. The number of hydrogen-bond acceptors (Lipinski definition) is 5. The molecule has 112 valence electrons. The molecule has 5 nitrogen and oxygen atoms in total. The van der Waals surface area contributed by atoms with Crippen LogP contribution in [0.1, 0.15) is 33.7 Å². The molecule has 0 atom stereocenters. The van der Waals surface area contributed by atoms with Gasteiger partial charge in [-0.05, 0) is 32.9 Å². The molecule has 1 amide bonds. The van der Waals surface area contributed by atoms with E-state index in [1.54, 1.807) is 23.5 Å². The lowest BCUT2D eigenvalue weighted by Gasteiger charge is -2.08. The molecule has 0 saturated heterocycles. The van der Waals surface area contributed by atoms with Crippen LogP contribution < -0.4 is 10.6 Å². The summed E-state index contributed by atoms with van der Waals surface area (Å²) in [5.41, 5.74) is 2.48. The second-order valence-corrected chi connectivity index (χ2v) is 5.84. The Morgan fingerprint density at radius 2 is 2.10 bits per heavy atom. The molecule has 2 N–H and O–H groups in total.